The Labute approximate surface area is 96.6 Å². The number of aromatic nitrogens is 2. The normalized spacial score (nSPS) is 11.0. The Hall–Kier alpha value is -1.27. The lowest BCUT2D eigenvalue weighted by molar-refractivity contribution is 0.381. The topological polar surface area (TPSA) is 85.1 Å². The van der Waals surface area contributed by atoms with Crippen molar-refractivity contribution in [2.45, 2.75) is 13.0 Å². The van der Waals surface area contributed by atoms with Crippen LogP contribution in [0.3, 0.4) is 0 Å². The molecule has 1 aromatic heterocycles. The van der Waals surface area contributed by atoms with Crippen molar-refractivity contribution in [2.24, 2.45) is 5.73 Å². The third-order valence-corrected chi connectivity index (χ3v) is 2.28. The summed E-state index contributed by atoms with van der Waals surface area (Å²) in [5.41, 5.74) is 11.9. The Balaban J connectivity index is 2.51. The van der Waals surface area contributed by atoms with Crippen LogP contribution < -0.4 is 16.8 Å². The van der Waals surface area contributed by atoms with E-state index in [1.54, 1.807) is 6.20 Å². The maximum absolute atomic E-state index is 5.82. The minimum Gasteiger partial charge on any atom is -0.394 e. The van der Waals surface area contributed by atoms with Gasteiger partial charge in [0.05, 0.1) is 11.9 Å². The Morgan fingerprint density at radius 1 is 1.50 bits per heavy atom. The van der Waals surface area contributed by atoms with E-state index < -0.39 is 0 Å². The highest BCUT2D eigenvalue weighted by molar-refractivity contribution is 5.60. The van der Waals surface area contributed by atoms with Crippen LogP contribution in [-0.4, -0.2) is 48.4 Å². The summed E-state index contributed by atoms with van der Waals surface area (Å²) in [6.45, 7) is 3.20. The number of anilines is 2. The molecule has 0 radical (unpaired) electrons. The van der Waals surface area contributed by atoms with Gasteiger partial charge in [0.1, 0.15) is 5.82 Å². The monoisotopic (exact) mass is 226 g/mol. The van der Waals surface area contributed by atoms with Crippen molar-refractivity contribution in [3.63, 3.8) is 0 Å². The highest BCUT2D eigenvalue weighted by atomic mass is 15.3. The van der Waals surface area contributed by atoms with Crippen LogP contribution in [0.15, 0.2) is 6.20 Å². The minimum atomic E-state index is 0.586. The quantitative estimate of drug-likeness (QED) is 0.599. The van der Waals surface area contributed by atoms with E-state index in [-0.39, 0.29) is 0 Å². The van der Waals surface area contributed by atoms with Crippen molar-refractivity contribution in [1.29, 1.82) is 0 Å². The summed E-state index contributed by atoms with van der Waals surface area (Å²) in [5.74, 6) is 0.879. The highest BCUT2D eigenvalue weighted by Crippen LogP contribution is 2.17. The van der Waals surface area contributed by atoms with Crippen molar-refractivity contribution in [1.82, 2.24) is 14.7 Å². The number of nitrogens with zero attached hydrogens (tertiary/aromatic N) is 3. The summed E-state index contributed by atoms with van der Waals surface area (Å²) in [5, 5.41) is 7.42. The molecule has 0 aromatic carbocycles. The van der Waals surface area contributed by atoms with Gasteiger partial charge in [0.25, 0.3) is 0 Å². The molecule has 5 N–H and O–H groups in total. The van der Waals surface area contributed by atoms with Gasteiger partial charge in [-0.2, -0.15) is 5.10 Å². The first-order chi connectivity index (χ1) is 7.65. The molecule has 1 heterocycles. The van der Waals surface area contributed by atoms with Gasteiger partial charge in [0.2, 0.25) is 0 Å². The van der Waals surface area contributed by atoms with Gasteiger partial charge in [-0.05, 0) is 27.1 Å². The summed E-state index contributed by atoms with van der Waals surface area (Å²) in [4.78, 5) is 2.15. The van der Waals surface area contributed by atoms with Gasteiger partial charge < -0.3 is 21.7 Å². The summed E-state index contributed by atoms with van der Waals surface area (Å²) in [6.07, 6.45) is 2.72. The van der Waals surface area contributed by atoms with Crippen LogP contribution in [0, 0.1) is 0 Å². The zero-order valence-corrected chi connectivity index (χ0v) is 10.1. The summed E-state index contributed by atoms with van der Waals surface area (Å²) in [7, 11) is 4.12. The third-order valence-electron chi connectivity index (χ3n) is 2.28. The molecule has 0 spiro atoms. The molecule has 0 amide bonds. The van der Waals surface area contributed by atoms with E-state index in [1.807, 2.05) is 4.68 Å². The molecule has 92 valence electrons. The number of nitrogens with two attached hydrogens (primary N) is 2. The summed E-state index contributed by atoms with van der Waals surface area (Å²) >= 11 is 0. The van der Waals surface area contributed by atoms with E-state index in [1.165, 1.54) is 0 Å². The van der Waals surface area contributed by atoms with Crippen LogP contribution in [0.5, 0.6) is 0 Å². The first-order valence-electron chi connectivity index (χ1n) is 5.55. The Morgan fingerprint density at radius 3 is 2.88 bits per heavy atom. The smallest absolute Gasteiger partial charge is 0.147 e. The summed E-state index contributed by atoms with van der Waals surface area (Å²) < 4.78 is 1.90. The molecule has 1 rings (SSSR count). The minimum absolute atomic E-state index is 0.586. The third kappa shape index (κ3) is 3.71. The maximum Gasteiger partial charge on any atom is 0.147 e. The average Bonchev–Trinajstić information content (AvgIpc) is 2.57. The lowest BCUT2D eigenvalue weighted by Gasteiger charge is -2.12. The fraction of sp³-hybridized carbons (Fsp3) is 0.700. The van der Waals surface area contributed by atoms with Crippen LogP contribution in [0.25, 0.3) is 0 Å². The summed E-state index contributed by atoms with van der Waals surface area (Å²) in [6, 6.07) is 0. The molecule has 0 unspecified atom stereocenters. The Bertz CT molecular complexity index is 306. The van der Waals surface area contributed by atoms with Crippen molar-refractivity contribution >= 4 is 11.5 Å². The zero-order valence-electron chi connectivity index (χ0n) is 10.1. The van der Waals surface area contributed by atoms with Gasteiger partial charge >= 0.3 is 0 Å². The van der Waals surface area contributed by atoms with Gasteiger partial charge in [0.15, 0.2) is 0 Å². The molecule has 16 heavy (non-hydrogen) atoms. The Kier molecular flexibility index (Phi) is 5.07. The second-order valence-electron chi connectivity index (χ2n) is 4.04. The van der Waals surface area contributed by atoms with E-state index in [0.29, 0.717) is 18.8 Å². The molecule has 0 aliphatic heterocycles. The van der Waals surface area contributed by atoms with E-state index >= 15 is 0 Å². The lowest BCUT2D eigenvalue weighted by atomic mass is 10.4. The maximum atomic E-state index is 5.82. The molecule has 0 bridgehead atoms. The van der Waals surface area contributed by atoms with Gasteiger partial charge in [-0.1, -0.05) is 0 Å². The largest absolute Gasteiger partial charge is 0.394 e. The van der Waals surface area contributed by atoms with Crippen molar-refractivity contribution in [3.8, 4) is 0 Å². The molecule has 1 aromatic rings. The molecule has 0 saturated heterocycles. The van der Waals surface area contributed by atoms with Crippen LogP contribution in [0.1, 0.15) is 6.42 Å². The average molecular weight is 226 g/mol. The SMILES string of the molecule is CN(C)CCCn1ncc(N)c1NCCN. The van der Waals surface area contributed by atoms with Crippen LogP contribution in [0.4, 0.5) is 11.5 Å². The molecule has 0 aliphatic carbocycles. The second-order valence-corrected chi connectivity index (χ2v) is 4.04. The predicted molar refractivity (Wildman–Crippen MR) is 67.4 cm³/mol. The first kappa shape index (κ1) is 12.8. The van der Waals surface area contributed by atoms with Gasteiger partial charge in [0, 0.05) is 19.6 Å². The fourth-order valence-corrected chi connectivity index (χ4v) is 1.49. The number of aryl methyl sites for hydroxylation is 1. The van der Waals surface area contributed by atoms with Gasteiger partial charge in [-0.25, -0.2) is 4.68 Å². The van der Waals surface area contributed by atoms with Crippen LogP contribution >= 0.6 is 0 Å². The number of rotatable bonds is 7. The standard InChI is InChI=1S/C10H22N6/c1-15(2)6-3-7-16-10(13-5-4-11)9(12)8-14-16/h8,13H,3-7,11-12H2,1-2H3. The number of nitrogen functional groups attached to an aromatic ring is 1. The molecule has 0 atom stereocenters. The van der Waals surface area contributed by atoms with Gasteiger partial charge in [-0.15, -0.1) is 0 Å². The second kappa shape index (κ2) is 6.34. The molecule has 0 fully saturated rings. The molecule has 0 aliphatic rings. The van der Waals surface area contributed by atoms with Crippen molar-refractivity contribution in [2.75, 3.05) is 44.8 Å². The number of nitrogens with one attached hydrogen (secondary N) is 1. The van der Waals surface area contributed by atoms with Crippen LogP contribution in [0.2, 0.25) is 0 Å². The molecular formula is C10H22N6. The highest BCUT2D eigenvalue weighted by Gasteiger charge is 2.06. The molecule has 6 heteroatoms. The zero-order chi connectivity index (χ0) is 12.0. The predicted octanol–water partition coefficient (Wildman–Crippen LogP) is -0.212. The number of hydrogen-bond donors (Lipinski definition) is 3. The number of hydrogen-bond acceptors (Lipinski definition) is 5. The van der Waals surface area contributed by atoms with Crippen LogP contribution in [-0.2, 0) is 6.54 Å². The van der Waals surface area contributed by atoms with E-state index in [9.17, 15) is 0 Å². The van der Waals surface area contributed by atoms with E-state index in [4.69, 9.17) is 11.5 Å². The van der Waals surface area contributed by atoms with E-state index in [0.717, 1.165) is 25.3 Å². The van der Waals surface area contributed by atoms with E-state index in [2.05, 4.69) is 29.4 Å². The van der Waals surface area contributed by atoms with Crippen molar-refractivity contribution in [3.05, 3.63) is 6.20 Å². The fourth-order valence-electron chi connectivity index (χ4n) is 1.49. The first-order valence-corrected chi connectivity index (χ1v) is 5.55. The molecule has 6 nitrogen and oxygen atoms in total. The lowest BCUT2D eigenvalue weighted by Crippen LogP contribution is -2.19. The Morgan fingerprint density at radius 2 is 2.25 bits per heavy atom. The molecular weight excluding hydrogens is 204 g/mol. The van der Waals surface area contributed by atoms with Crippen molar-refractivity contribution < 1.29 is 0 Å². The molecule has 0 saturated carbocycles. The van der Waals surface area contributed by atoms with Gasteiger partial charge in [-0.3, -0.25) is 0 Å².